The zero-order valence-electron chi connectivity index (χ0n) is 8.47. The number of aryl methyl sites for hydroxylation is 1. The fourth-order valence-corrected chi connectivity index (χ4v) is 1.55. The van der Waals surface area contributed by atoms with Crippen molar-refractivity contribution in [1.82, 2.24) is 9.88 Å². The summed E-state index contributed by atoms with van der Waals surface area (Å²) in [4.78, 5) is 16.0. The van der Waals surface area contributed by atoms with Crippen LogP contribution in [0, 0.1) is 6.92 Å². The van der Waals surface area contributed by atoms with Crippen molar-refractivity contribution in [2.75, 3.05) is 18.4 Å². The monoisotopic (exact) mass is 207 g/mol. The van der Waals surface area contributed by atoms with Gasteiger partial charge in [0.2, 0.25) is 0 Å². The molecule has 5 nitrogen and oxygen atoms in total. The van der Waals surface area contributed by atoms with E-state index in [1.54, 1.807) is 6.20 Å². The molecule has 0 saturated carbocycles. The second-order valence-corrected chi connectivity index (χ2v) is 3.75. The van der Waals surface area contributed by atoms with Crippen molar-refractivity contribution in [2.24, 2.45) is 0 Å². The van der Waals surface area contributed by atoms with Gasteiger partial charge >= 0.3 is 6.09 Å². The smallest absolute Gasteiger partial charge is 0.407 e. The van der Waals surface area contributed by atoms with Gasteiger partial charge in [0.1, 0.15) is 5.82 Å². The van der Waals surface area contributed by atoms with Crippen LogP contribution in [-0.2, 0) is 0 Å². The van der Waals surface area contributed by atoms with Gasteiger partial charge in [-0.2, -0.15) is 0 Å². The minimum absolute atomic E-state index is 0.190. The van der Waals surface area contributed by atoms with E-state index in [1.807, 2.05) is 19.1 Å². The zero-order chi connectivity index (χ0) is 10.8. The first kappa shape index (κ1) is 9.76. The molecular weight excluding hydrogens is 194 g/mol. The lowest BCUT2D eigenvalue weighted by Gasteiger charge is -2.37. The number of carbonyl (C=O) groups is 1. The average Bonchev–Trinajstić information content (AvgIpc) is 2.10. The van der Waals surface area contributed by atoms with Crippen LogP contribution in [0.4, 0.5) is 10.6 Å². The van der Waals surface area contributed by atoms with E-state index in [4.69, 9.17) is 5.11 Å². The number of hydrogen-bond acceptors (Lipinski definition) is 3. The number of carboxylic acid groups (broad SMARTS) is 1. The molecule has 1 aliphatic heterocycles. The lowest BCUT2D eigenvalue weighted by molar-refractivity contribution is 0.111. The van der Waals surface area contributed by atoms with E-state index in [1.165, 1.54) is 4.90 Å². The molecule has 5 heteroatoms. The molecule has 0 unspecified atom stereocenters. The molecule has 1 fully saturated rings. The van der Waals surface area contributed by atoms with Crippen LogP contribution in [0.2, 0.25) is 0 Å². The number of aromatic nitrogens is 1. The molecule has 2 heterocycles. The summed E-state index contributed by atoms with van der Waals surface area (Å²) in [5.41, 5.74) is 1.14. The Labute approximate surface area is 87.7 Å². The van der Waals surface area contributed by atoms with Crippen molar-refractivity contribution in [3.05, 3.63) is 23.9 Å². The van der Waals surface area contributed by atoms with Crippen molar-refractivity contribution in [3.63, 3.8) is 0 Å². The van der Waals surface area contributed by atoms with Crippen molar-refractivity contribution in [3.8, 4) is 0 Å². The molecule has 1 aromatic rings. The molecule has 0 spiro atoms. The van der Waals surface area contributed by atoms with Crippen molar-refractivity contribution < 1.29 is 9.90 Å². The molecule has 1 aromatic heterocycles. The minimum atomic E-state index is -0.856. The van der Waals surface area contributed by atoms with Crippen LogP contribution in [0.3, 0.4) is 0 Å². The van der Waals surface area contributed by atoms with E-state index in [9.17, 15) is 4.79 Å². The van der Waals surface area contributed by atoms with Gasteiger partial charge in [-0.3, -0.25) is 0 Å². The van der Waals surface area contributed by atoms with E-state index in [-0.39, 0.29) is 6.04 Å². The quantitative estimate of drug-likeness (QED) is 0.763. The highest BCUT2D eigenvalue weighted by Crippen LogP contribution is 2.14. The maximum atomic E-state index is 10.5. The molecule has 0 bridgehead atoms. The molecule has 15 heavy (non-hydrogen) atoms. The molecule has 0 radical (unpaired) electrons. The van der Waals surface area contributed by atoms with Crippen molar-refractivity contribution >= 4 is 11.9 Å². The summed E-state index contributed by atoms with van der Waals surface area (Å²) in [5, 5.41) is 11.8. The van der Waals surface area contributed by atoms with Gasteiger partial charge in [-0.05, 0) is 24.6 Å². The molecule has 2 N–H and O–H groups in total. The van der Waals surface area contributed by atoms with E-state index in [0.717, 1.165) is 11.4 Å². The van der Waals surface area contributed by atoms with Gasteiger partial charge in [0.25, 0.3) is 0 Å². The largest absolute Gasteiger partial charge is 0.465 e. The van der Waals surface area contributed by atoms with Crippen LogP contribution in [-0.4, -0.2) is 40.2 Å². The number of amides is 1. The molecule has 2 rings (SSSR count). The molecular formula is C10H13N3O2. The van der Waals surface area contributed by atoms with Gasteiger partial charge in [0.15, 0.2) is 0 Å². The third-order valence-electron chi connectivity index (χ3n) is 2.42. The zero-order valence-corrected chi connectivity index (χ0v) is 8.47. The van der Waals surface area contributed by atoms with Gasteiger partial charge in [-0.15, -0.1) is 0 Å². The second kappa shape index (κ2) is 3.76. The summed E-state index contributed by atoms with van der Waals surface area (Å²) in [5.74, 6) is 0.810. The first-order valence-corrected chi connectivity index (χ1v) is 4.82. The number of anilines is 1. The Hall–Kier alpha value is -1.78. The Bertz CT molecular complexity index is 375. The highest BCUT2D eigenvalue weighted by Gasteiger charge is 2.30. The maximum Gasteiger partial charge on any atom is 0.407 e. The number of rotatable bonds is 2. The molecule has 0 aromatic carbocycles. The topological polar surface area (TPSA) is 65.5 Å². The lowest BCUT2D eigenvalue weighted by Crippen LogP contribution is -2.56. The molecule has 0 atom stereocenters. The van der Waals surface area contributed by atoms with Crippen LogP contribution in [0.25, 0.3) is 0 Å². The van der Waals surface area contributed by atoms with Gasteiger partial charge in [-0.1, -0.05) is 0 Å². The summed E-state index contributed by atoms with van der Waals surface area (Å²) >= 11 is 0. The predicted octanol–water partition coefficient (Wildman–Crippen LogP) is 1.16. The normalized spacial score (nSPS) is 15.9. The van der Waals surface area contributed by atoms with E-state index < -0.39 is 6.09 Å². The van der Waals surface area contributed by atoms with Crippen molar-refractivity contribution in [1.29, 1.82) is 0 Å². The van der Waals surface area contributed by atoms with E-state index >= 15 is 0 Å². The Morgan fingerprint density at radius 1 is 1.67 bits per heavy atom. The number of nitrogens with zero attached hydrogens (tertiary/aromatic N) is 2. The number of likely N-dealkylation sites (tertiary alicyclic amines) is 1. The van der Waals surface area contributed by atoms with Gasteiger partial charge in [-0.25, -0.2) is 9.78 Å². The summed E-state index contributed by atoms with van der Waals surface area (Å²) in [6.45, 7) is 3.06. The summed E-state index contributed by atoms with van der Waals surface area (Å²) in [7, 11) is 0. The summed E-state index contributed by atoms with van der Waals surface area (Å²) in [6.07, 6.45) is 0.885. The van der Waals surface area contributed by atoms with Crippen LogP contribution >= 0.6 is 0 Å². The number of hydrogen-bond donors (Lipinski definition) is 2. The van der Waals surface area contributed by atoms with Crippen LogP contribution < -0.4 is 5.32 Å². The summed E-state index contributed by atoms with van der Waals surface area (Å²) in [6, 6.07) is 4.06. The maximum absolute atomic E-state index is 10.5. The Kier molecular flexibility index (Phi) is 2.45. The first-order valence-electron chi connectivity index (χ1n) is 4.82. The Balaban J connectivity index is 1.87. The number of nitrogens with one attached hydrogen (secondary N) is 1. The highest BCUT2D eigenvalue weighted by molar-refractivity contribution is 5.66. The second-order valence-electron chi connectivity index (χ2n) is 3.75. The lowest BCUT2D eigenvalue weighted by atomic mass is 10.1. The fourth-order valence-electron chi connectivity index (χ4n) is 1.55. The van der Waals surface area contributed by atoms with Crippen LogP contribution in [0.1, 0.15) is 5.56 Å². The minimum Gasteiger partial charge on any atom is -0.465 e. The first-order chi connectivity index (χ1) is 7.15. The molecule has 1 aliphatic rings. The average molecular weight is 207 g/mol. The van der Waals surface area contributed by atoms with Gasteiger partial charge in [0.05, 0.1) is 6.04 Å². The fraction of sp³-hybridized carbons (Fsp3) is 0.400. The summed E-state index contributed by atoms with van der Waals surface area (Å²) < 4.78 is 0. The Morgan fingerprint density at radius 3 is 3.00 bits per heavy atom. The predicted molar refractivity (Wildman–Crippen MR) is 56.0 cm³/mol. The molecule has 0 aliphatic carbocycles. The standard InChI is InChI=1S/C10H13N3O2/c1-7-2-3-11-9(4-7)12-8-5-13(6-8)10(14)15/h2-4,8H,5-6H2,1H3,(H,11,12)(H,14,15). The van der Waals surface area contributed by atoms with Gasteiger partial charge in [0, 0.05) is 19.3 Å². The van der Waals surface area contributed by atoms with Crippen LogP contribution in [0.5, 0.6) is 0 Å². The highest BCUT2D eigenvalue weighted by atomic mass is 16.4. The van der Waals surface area contributed by atoms with E-state index in [0.29, 0.717) is 13.1 Å². The molecule has 1 amide bonds. The van der Waals surface area contributed by atoms with Crippen molar-refractivity contribution in [2.45, 2.75) is 13.0 Å². The Morgan fingerprint density at radius 2 is 2.40 bits per heavy atom. The third kappa shape index (κ3) is 2.18. The van der Waals surface area contributed by atoms with Gasteiger partial charge < -0.3 is 15.3 Å². The van der Waals surface area contributed by atoms with Crippen LogP contribution in [0.15, 0.2) is 18.3 Å². The van der Waals surface area contributed by atoms with E-state index in [2.05, 4.69) is 10.3 Å². The number of pyridine rings is 1. The third-order valence-corrected chi connectivity index (χ3v) is 2.42. The molecule has 80 valence electrons. The SMILES string of the molecule is Cc1ccnc(NC2CN(C(=O)O)C2)c1. The molecule has 1 saturated heterocycles.